The number of H-pyrrole nitrogens is 1. The van der Waals surface area contributed by atoms with E-state index >= 15 is 0 Å². The monoisotopic (exact) mass is 288 g/mol. The molecule has 0 unspecified atom stereocenters. The number of carbonyl (C=O) groups excluding carboxylic acids is 1. The first kappa shape index (κ1) is 14.6. The fourth-order valence-corrected chi connectivity index (χ4v) is 1.57. The summed E-state index contributed by atoms with van der Waals surface area (Å²) in [6.45, 7) is 2.55. The fourth-order valence-electron chi connectivity index (χ4n) is 1.57. The van der Waals surface area contributed by atoms with Gasteiger partial charge in [0.1, 0.15) is 5.75 Å². The summed E-state index contributed by atoms with van der Waals surface area (Å²) in [5, 5.41) is 8.80. The summed E-state index contributed by atoms with van der Waals surface area (Å²) in [4.78, 5) is 15.6. The number of rotatable bonds is 6. The molecule has 0 bridgehead atoms. The molecule has 7 heteroatoms. The molecule has 21 heavy (non-hydrogen) atoms. The van der Waals surface area contributed by atoms with Gasteiger partial charge in [-0.05, 0) is 30.7 Å². The molecule has 1 amide bonds. The Labute approximate surface area is 122 Å². The first-order valence-electron chi connectivity index (χ1n) is 6.39. The lowest BCUT2D eigenvalue weighted by Gasteiger charge is -2.02. The molecule has 0 radical (unpaired) electrons. The quantitative estimate of drug-likeness (QED) is 0.792. The van der Waals surface area contributed by atoms with Crippen LogP contribution in [0.4, 0.5) is 5.95 Å². The average molecular weight is 288 g/mol. The zero-order valence-electron chi connectivity index (χ0n) is 11.8. The Balaban J connectivity index is 1.91. The summed E-state index contributed by atoms with van der Waals surface area (Å²) in [7, 11) is 1.45. The highest BCUT2D eigenvalue weighted by molar-refractivity contribution is 6.00. The molecule has 1 aromatic heterocycles. The van der Waals surface area contributed by atoms with Crippen LogP contribution >= 0.6 is 0 Å². The number of methoxy groups -OCH3 is 1. The SMILES string of the molecule is CCOc1ccc(/C=C/C(=O)Nc2nc(OC)n[nH]2)cc1. The van der Waals surface area contributed by atoms with Crippen LogP contribution in [0.3, 0.4) is 0 Å². The van der Waals surface area contributed by atoms with Gasteiger partial charge in [-0.3, -0.25) is 10.1 Å². The Kier molecular flexibility index (Phi) is 4.92. The molecule has 2 rings (SSSR count). The van der Waals surface area contributed by atoms with Gasteiger partial charge in [-0.25, -0.2) is 5.10 Å². The molecule has 0 saturated carbocycles. The topological polar surface area (TPSA) is 89.1 Å². The van der Waals surface area contributed by atoms with Crippen LogP contribution in [0.5, 0.6) is 11.8 Å². The number of aromatic amines is 1. The summed E-state index contributed by atoms with van der Waals surface area (Å²) in [6, 6.07) is 7.60. The maximum atomic E-state index is 11.7. The molecular formula is C14H16N4O3. The van der Waals surface area contributed by atoms with E-state index in [1.807, 2.05) is 31.2 Å². The van der Waals surface area contributed by atoms with E-state index < -0.39 is 0 Å². The molecule has 0 aliphatic rings. The van der Waals surface area contributed by atoms with E-state index in [0.29, 0.717) is 6.61 Å². The van der Waals surface area contributed by atoms with Crippen molar-refractivity contribution >= 4 is 17.9 Å². The van der Waals surface area contributed by atoms with E-state index in [4.69, 9.17) is 9.47 Å². The average Bonchev–Trinajstić information content (AvgIpc) is 2.94. The summed E-state index contributed by atoms with van der Waals surface area (Å²) in [6.07, 6.45) is 3.10. The van der Waals surface area contributed by atoms with Crippen molar-refractivity contribution in [2.75, 3.05) is 19.0 Å². The van der Waals surface area contributed by atoms with Gasteiger partial charge >= 0.3 is 6.01 Å². The van der Waals surface area contributed by atoms with Crippen LogP contribution in [0, 0.1) is 0 Å². The van der Waals surface area contributed by atoms with Crippen molar-refractivity contribution in [1.29, 1.82) is 0 Å². The number of benzene rings is 1. The Morgan fingerprint density at radius 3 is 2.76 bits per heavy atom. The molecule has 0 saturated heterocycles. The molecule has 2 N–H and O–H groups in total. The summed E-state index contributed by atoms with van der Waals surface area (Å²) in [5.74, 6) is 0.712. The molecule has 0 atom stereocenters. The lowest BCUT2D eigenvalue weighted by molar-refractivity contribution is -0.111. The van der Waals surface area contributed by atoms with Gasteiger partial charge in [-0.2, -0.15) is 4.98 Å². The van der Waals surface area contributed by atoms with Gasteiger partial charge in [-0.15, -0.1) is 5.10 Å². The molecule has 1 aromatic carbocycles. The number of carbonyl (C=O) groups is 1. The van der Waals surface area contributed by atoms with Crippen LogP contribution in [-0.2, 0) is 4.79 Å². The van der Waals surface area contributed by atoms with Crippen molar-refractivity contribution in [2.24, 2.45) is 0 Å². The fraction of sp³-hybridized carbons (Fsp3) is 0.214. The van der Waals surface area contributed by atoms with Crippen molar-refractivity contribution < 1.29 is 14.3 Å². The second-order valence-corrected chi connectivity index (χ2v) is 4.00. The molecular weight excluding hydrogens is 272 g/mol. The van der Waals surface area contributed by atoms with Gasteiger partial charge in [0.2, 0.25) is 5.95 Å². The standard InChI is InChI=1S/C14H16N4O3/c1-3-21-11-7-4-10(5-8-11)6-9-12(19)15-13-16-14(20-2)18-17-13/h4-9H,3H2,1-2H3,(H2,15,16,17,18,19)/b9-6+. The predicted octanol–water partition coefficient (Wildman–Crippen LogP) is 1.86. The van der Waals surface area contributed by atoms with E-state index in [9.17, 15) is 4.79 Å². The first-order valence-corrected chi connectivity index (χ1v) is 6.39. The summed E-state index contributed by atoms with van der Waals surface area (Å²) >= 11 is 0. The van der Waals surface area contributed by atoms with Gasteiger partial charge in [-0.1, -0.05) is 12.1 Å². The molecule has 7 nitrogen and oxygen atoms in total. The highest BCUT2D eigenvalue weighted by Crippen LogP contribution is 2.13. The number of hydrogen-bond donors (Lipinski definition) is 2. The highest BCUT2D eigenvalue weighted by atomic mass is 16.5. The van der Waals surface area contributed by atoms with E-state index in [0.717, 1.165) is 11.3 Å². The van der Waals surface area contributed by atoms with Crippen LogP contribution in [-0.4, -0.2) is 34.8 Å². The predicted molar refractivity (Wildman–Crippen MR) is 78.2 cm³/mol. The number of nitrogens with zero attached hydrogens (tertiary/aromatic N) is 2. The normalized spacial score (nSPS) is 10.6. The van der Waals surface area contributed by atoms with Gasteiger partial charge < -0.3 is 9.47 Å². The van der Waals surface area contributed by atoms with E-state index in [1.165, 1.54) is 13.2 Å². The minimum atomic E-state index is -0.317. The van der Waals surface area contributed by atoms with Crippen LogP contribution in [0.25, 0.3) is 6.08 Å². The molecule has 1 heterocycles. The third kappa shape index (κ3) is 4.34. The molecule has 0 aliphatic carbocycles. The van der Waals surface area contributed by atoms with Crippen molar-refractivity contribution in [3.05, 3.63) is 35.9 Å². The van der Waals surface area contributed by atoms with Crippen molar-refractivity contribution in [2.45, 2.75) is 6.92 Å². The number of aromatic nitrogens is 3. The van der Waals surface area contributed by atoms with Crippen LogP contribution in [0.1, 0.15) is 12.5 Å². The minimum Gasteiger partial charge on any atom is -0.494 e. The molecule has 2 aromatic rings. The highest BCUT2D eigenvalue weighted by Gasteiger charge is 2.04. The van der Waals surface area contributed by atoms with E-state index in [-0.39, 0.29) is 17.9 Å². The molecule has 0 aliphatic heterocycles. The zero-order chi connectivity index (χ0) is 15.1. The molecule has 110 valence electrons. The smallest absolute Gasteiger partial charge is 0.336 e. The van der Waals surface area contributed by atoms with Crippen molar-refractivity contribution in [3.63, 3.8) is 0 Å². The Hall–Kier alpha value is -2.83. The zero-order valence-corrected chi connectivity index (χ0v) is 11.8. The van der Waals surface area contributed by atoms with Crippen molar-refractivity contribution in [1.82, 2.24) is 15.2 Å². The summed E-state index contributed by atoms with van der Waals surface area (Å²) < 4.78 is 10.1. The largest absolute Gasteiger partial charge is 0.494 e. The Morgan fingerprint density at radius 2 is 2.14 bits per heavy atom. The van der Waals surface area contributed by atoms with Gasteiger partial charge in [0.25, 0.3) is 5.91 Å². The van der Waals surface area contributed by atoms with Gasteiger partial charge in [0, 0.05) is 6.08 Å². The molecule has 0 spiro atoms. The second-order valence-electron chi connectivity index (χ2n) is 4.00. The van der Waals surface area contributed by atoms with Gasteiger partial charge in [0.05, 0.1) is 13.7 Å². The third-order valence-corrected chi connectivity index (χ3v) is 2.51. The lowest BCUT2D eigenvalue weighted by Crippen LogP contribution is -2.09. The Bertz CT molecular complexity index is 619. The van der Waals surface area contributed by atoms with E-state index in [2.05, 4.69) is 20.5 Å². The molecule has 0 fully saturated rings. The maximum Gasteiger partial charge on any atom is 0.336 e. The number of nitrogens with one attached hydrogen (secondary N) is 2. The van der Waals surface area contributed by atoms with Crippen molar-refractivity contribution in [3.8, 4) is 11.8 Å². The van der Waals surface area contributed by atoms with Crippen LogP contribution < -0.4 is 14.8 Å². The third-order valence-electron chi connectivity index (χ3n) is 2.51. The number of anilines is 1. The maximum absolute atomic E-state index is 11.7. The summed E-state index contributed by atoms with van der Waals surface area (Å²) in [5.41, 5.74) is 0.892. The number of amides is 1. The first-order chi connectivity index (χ1) is 10.2. The number of ether oxygens (including phenoxy) is 2. The van der Waals surface area contributed by atoms with Crippen LogP contribution in [0.15, 0.2) is 30.3 Å². The van der Waals surface area contributed by atoms with E-state index in [1.54, 1.807) is 6.08 Å². The minimum absolute atomic E-state index is 0.167. The van der Waals surface area contributed by atoms with Gasteiger partial charge in [0.15, 0.2) is 0 Å². The number of hydrogen-bond acceptors (Lipinski definition) is 5. The van der Waals surface area contributed by atoms with Crippen LogP contribution in [0.2, 0.25) is 0 Å². The Morgan fingerprint density at radius 1 is 1.38 bits per heavy atom. The second kappa shape index (κ2) is 7.09. The lowest BCUT2D eigenvalue weighted by atomic mass is 10.2.